The normalized spacial score (nSPS) is 20.2. The molecule has 0 unspecified atom stereocenters. The number of hydroxylamine groups is 2. The van der Waals surface area contributed by atoms with Crippen molar-refractivity contribution in [3.8, 4) is 0 Å². The topological polar surface area (TPSA) is 38.8 Å². The minimum absolute atomic E-state index is 0.103. The first-order valence-corrected chi connectivity index (χ1v) is 9.10. The zero-order valence-electron chi connectivity index (χ0n) is 15.9. The van der Waals surface area contributed by atoms with Gasteiger partial charge in [-0.3, -0.25) is 4.84 Å². The van der Waals surface area contributed by atoms with Crippen LogP contribution in [-0.4, -0.2) is 29.4 Å². The highest BCUT2D eigenvalue weighted by Gasteiger charge is 2.41. The lowest BCUT2D eigenvalue weighted by Gasteiger charge is -2.29. The van der Waals surface area contributed by atoms with Crippen molar-refractivity contribution in [2.45, 2.75) is 51.7 Å². The minimum Gasteiger partial charge on any atom is -0.442 e. The number of hydrogen-bond donors (Lipinski definition) is 0. The zero-order chi connectivity index (χ0) is 18.7. The van der Waals surface area contributed by atoms with Crippen LogP contribution in [-0.2, 0) is 16.0 Å². The number of carbonyl (C=O) groups excluding carboxylic acids is 1. The maximum Gasteiger partial charge on any atom is 0.434 e. The highest BCUT2D eigenvalue weighted by Crippen LogP contribution is 2.34. The van der Waals surface area contributed by atoms with Gasteiger partial charge in [-0.15, -0.1) is 0 Å². The van der Waals surface area contributed by atoms with E-state index in [2.05, 4.69) is 31.2 Å². The summed E-state index contributed by atoms with van der Waals surface area (Å²) in [5.41, 5.74) is 3.06. The first kappa shape index (κ1) is 18.5. The Morgan fingerprint density at radius 2 is 1.77 bits per heavy atom. The van der Waals surface area contributed by atoms with E-state index in [1.165, 1.54) is 21.8 Å². The summed E-state index contributed by atoms with van der Waals surface area (Å²) in [4.78, 5) is 18.5. The Kier molecular flexibility index (Phi) is 5.33. The van der Waals surface area contributed by atoms with Crippen molar-refractivity contribution in [1.29, 1.82) is 0 Å². The van der Waals surface area contributed by atoms with Crippen molar-refractivity contribution in [3.63, 3.8) is 0 Å². The molecule has 3 rings (SSSR count). The molecule has 138 valence electrons. The molecule has 2 aromatic rings. The molecular weight excluding hydrogens is 326 g/mol. The molecule has 1 aliphatic rings. The van der Waals surface area contributed by atoms with Crippen LogP contribution < -0.4 is 0 Å². The molecule has 0 bridgehead atoms. The summed E-state index contributed by atoms with van der Waals surface area (Å²) in [6.45, 7) is 8.17. The fourth-order valence-electron chi connectivity index (χ4n) is 3.33. The van der Waals surface area contributed by atoms with Gasteiger partial charge in [0.1, 0.15) is 5.60 Å². The monoisotopic (exact) mass is 353 g/mol. The van der Waals surface area contributed by atoms with E-state index >= 15 is 0 Å². The smallest absolute Gasteiger partial charge is 0.434 e. The SMILES string of the molecule is Cc1ccccc1C[C@H]1[C@H](c2ccccc2)CON1C(=O)OC(C)(C)C. The Balaban J connectivity index is 1.89. The molecule has 0 radical (unpaired) electrons. The molecule has 26 heavy (non-hydrogen) atoms. The van der Waals surface area contributed by atoms with E-state index in [1.54, 1.807) is 0 Å². The Labute approximate surface area is 155 Å². The van der Waals surface area contributed by atoms with Crippen LogP contribution in [0.5, 0.6) is 0 Å². The van der Waals surface area contributed by atoms with E-state index < -0.39 is 11.7 Å². The molecule has 4 heteroatoms. The highest BCUT2D eigenvalue weighted by molar-refractivity contribution is 5.68. The van der Waals surface area contributed by atoms with Crippen LogP contribution in [0.25, 0.3) is 0 Å². The third-order valence-electron chi connectivity index (χ3n) is 4.65. The van der Waals surface area contributed by atoms with Crippen LogP contribution >= 0.6 is 0 Å². The maximum atomic E-state index is 12.7. The van der Waals surface area contributed by atoms with Gasteiger partial charge in [0.2, 0.25) is 0 Å². The van der Waals surface area contributed by atoms with Gasteiger partial charge in [-0.1, -0.05) is 54.6 Å². The van der Waals surface area contributed by atoms with Crippen molar-refractivity contribution < 1.29 is 14.4 Å². The minimum atomic E-state index is -0.557. The Morgan fingerprint density at radius 1 is 1.12 bits per heavy atom. The summed E-state index contributed by atoms with van der Waals surface area (Å²) < 4.78 is 5.57. The number of carbonyl (C=O) groups is 1. The first-order valence-electron chi connectivity index (χ1n) is 9.10. The summed E-state index contributed by atoms with van der Waals surface area (Å²) in [5, 5.41) is 1.44. The summed E-state index contributed by atoms with van der Waals surface area (Å²) in [6.07, 6.45) is 0.306. The van der Waals surface area contributed by atoms with Gasteiger partial charge in [0, 0.05) is 5.92 Å². The van der Waals surface area contributed by atoms with Crippen molar-refractivity contribution in [2.75, 3.05) is 6.61 Å². The molecule has 0 saturated carbocycles. The Hall–Kier alpha value is -2.33. The van der Waals surface area contributed by atoms with Crippen molar-refractivity contribution in [2.24, 2.45) is 0 Å². The largest absolute Gasteiger partial charge is 0.442 e. The molecule has 1 heterocycles. The molecular formula is C22H27NO3. The quantitative estimate of drug-likeness (QED) is 0.790. The molecule has 1 amide bonds. The van der Waals surface area contributed by atoms with Gasteiger partial charge in [0.05, 0.1) is 12.6 Å². The lowest BCUT2D eigenvalue weighted by molar-refractivity contribution is -0.124. The first-order chi connectivity index (χ1) is 12.3. The van der Waals surface area contributed by atoms with Gasteiger partial charge in [-0.05, 0) is 50.8 Å². The summed E-state index contributed by atoms with van der Waals surface area (Å²) in [6, 6.07) is 18.4. The number of aryl methyl sites for hydroxylation is 1. The van der Waals surface area contributed by atoms with Crippen LogP contribution in [0.15, 0.2) is 54.6 Å². The average Bonchev–Trinajstić information content (AvgIpc) is 3.00. The summed E-state index contributed by atoms with van der Waals surface area (Å²) in [5.74, 6) is 0.114. The number of nitrogens with zero attached hydrogens (tertiary/aromatic N) is 1. The van der Waals surface area contributed by atoms with Crippen LogP contribution in [0.4, 0.5) is 4.79 Å². The number of benzene rings is 2. The van der Waals surface area contributed by atoms with E-state index in [4.69, 9.17) is 9.57 Å². The third kappa shape index (κ3) is 4.25. The molecule has 0 aromatic heterocycles. The van der Waals surface area contributed by atoms with E-state index in [-0.39, 0.29) is 12.0 Å². The Bertz CT molecular complexity index is 751. The zero-order valence-corrected chi connectivity index (χ0v) is 15.9. The van der Waals surface area contributed by atoms with E-state index in [9.17, 15) is 4.79 Å². The number of rotatable bonds is 3. The van der Waals surface area contributed by atoms with Gasteiger partial charge in [-0.2, -0.15) is 5.06 Å². The molecule has 4 nitrogen and oxygen atoms in total. The molecule has 2 atom stereocenters. The van der Waals surface area contributed by atoms with Gasteiger partial charge >= 0.3 is 6.09 Å². The summed E-state index contributed by atoms with van der Waals surface area (Å²) in [7, 11) is 0. The maximum absolute atomic E-state index is 12.7. The molecule has 2 aromatic carbocycles. The molecule has 0 aliphatic carbocycles. The van der Waals surface area contributed by atoms with Crippen LogP contribution in [0, 0.1) is 6.92 Å². The Morgan fingerprint density at radius 3 is 2.42 bits per heavy atom. The number of amides is 1. The fraction of sp³-hybridized carbons (Fsp3) is 0.409. The van der Waals surface area contributed by atoms with E-state index in [0.717, 1.165) is 6.42 Å². The predicted molar refractivity (Wildman–Crippen MR) is 102 cm³/mol. The standard InChI is InChI=1S/C22H27NO3/c1-16-10-8-9-13-18(16)14-20-19(17-11-6-5-7-12-17)15-25-23(20)21(24)26-22(2,3)4/h5-13,19-20H,14-15H2,1-4H3/t19-,20-/m0/s1. The second kappa shape index (κ2) is 7.50. The third-order valence-corrected chi connectivity index (χ3v) is 4.65. The molecule has 0 N–H and O–H groups in total. The van der Waals surface area contributed by atoms with E-state index in [0.29, 0.717) is 6.61 Å². The lowest BCUT2D eigenvalue weighted by atomic mass is 9.88. The predicted octanol–water partition coefficient (Wildman–Crippen LogP) is 4.87. The van der Waals surface area contributed by atoms with Gasteiger partial charge < -0.3 is 4.74 Å². The molecule has 1 aliphatic heterocycles. The van der Waals surface area contributed by atoms with Gasteiger partial charge in [0.15, 0.2) is 0 Å². The molecule has 1 saturated heterocycles. The van der Waals surface area contributed by atoms with Crippen molar-refractivity contribution in [1.82, 2.24) is 5.06 Å². The highest BCUT2D eigenvalue weighted by atomic mass is 16.7. The lowest BCUT2D eigenvalue weighted by Crippen LogP contribution is -2.41. The number of hydrogen-bond acceptors (Lipinski definition) is 3. The molecule has 1 fully saturated rings. The number of ether oxygens (including phenoxy) is 1. The van der Waals surface area contributed by atoms with Crippen LogP contribution in [0.2, 0.25) is 0 Å². The van der Waals surface area contributed by atoms with Crippen LogP contribution in [0.3, 0.4) is 0 Å². The second-order valence-corrected chi connectivity index (χ2v) is 7.82. The van der Waals surface area contributed by atoms with Crippen molar-refractivity contribution in [3.05, 3.63) is 71.3 Å². The van der Waals surface area contributed by atoms with Crippen molar-refractivity contribution >= 4 is 6.09 Å². The van der Waals surface area contributed by atoms with Crippen LogP contribution in [0.1, 0.15) is 43.4 Å². The fourth-order valence-corrected chi connectivity index (χ4v) is 3.33. The van der Waals surface area contributed by atoms with E-state index in [1.807, 2.05) is 51.1 Å². The average molecular weight is 353 g/mol. The van der Waals surface area contributed by atoms with Gasteiger partial charge in [-0.25, -0.2) is 4.79 Å². The summed E-state index contributed by atoms with van der Waals surface area (Å²) >= 11 is 0. The molecule has 0 spiro atoms. The second-order valence-electron chi connectivity index (χ2n) is 7.82. The van der Waals surface area contributed by atoms with Gasteiger partial charge in [0.25, 0.3) is 0 Å².